The molecule has 1 aliphatic rings. The molecule has 0 aromatic carbocycles. The molecule has 0 aliphatic carbocycles. The summed E-state index contributed by atoms with van der Waals surface area (Å²) in [5.41, 5.74) is 1.43. The summed E-state index contributed by atoms with van der Waals surface area (Å²) in [5.74, 6) is -0.605. The van der Waals surface area contributed by atoms with Crippen molar-refractivity contribution in [1.82, 2.24) is 20.1 Å². The first-order chi connectivity index (χ1) is 15.3. The number of hydrogen-bond acceptors (Lipinski definition) is 8. The molecule has 4 heterocycles. The van der Waals surface area contributed by atoms with Crippen molar-refractivity contribution in [3.63, 3.8) is 0 Å². The summed E-state index contributed by atoms with van der Waals surface area (Å²) in [6.07, 6.45) is -0.247. The highest BCUT2D eigenvalue weighted by atomic mass is 19.4. The zero-order valence-electron chi connectivity index (χ0n) is 17.0. The van der Waals surface area contributed by atoms with Gasteiger partial charge >= 0.3 is 18.2 Å². The van der Waals surface area contributed by atoms with Crippen LogP contribution >= 0.6 is 0 Å². The molecule has 0 spiro atoms. The molecule has 3 aromatic heterocycles. The molecule has 1 N–H and O–H groups in total. The van der Waals surface area contributed by atoms with Gasteiger partial charge in [0, 0.05) is 36.6 Å². The Morgan fingerprint density at radius 2 is 2.00 bits per heavy atom. The van der Waals surface area contributed by atoms with Gasteiger partial charge in [0.1, 0.15) is 18.2 Å². The fourth-order valence-electron chi connectivity index (χ4n) is 3.20. The second-order valence-corrected chi connectivity index (χ2v) is 7.23. The topological polar surface area (TPSA) is 106 Å². The van der Waals surface area contributed by atoms with Gasteiger partial charge in [0.05, 0.1) is 0 Å². The van der Waals surface area contributed by atoms with Gasteiger partial charge in [-0.05, 0) is 37.5 Å². The summed E-state index contributed by atoms with van der Waals surface area (Å²) in [5, 5.41) is 5.81. The van der Waals surface area contributed by atoms with Gasteiger partial charge in [-0.2, -0.15) is 18.2 Å². The minimum absolute atomic E-state index is 0.0271. The molecule has 0 bridgehead atoms. The first kappa shape index (κ1) is 21.5. The van der Waals surface area contributed by atoms with E-state index in [1.54, 1.807) is 13.1 Å². The Morgan fingerprint density at radius 3 is 2.62 bits per heavy atom. The van der Waals surface area contributed by atoms with E-state index in [4.69, 9.17) is 4.74 Å². The lowest BCUT2D eigenvalue weighted by Crippen LogP contribution is -2.19. The molecule has 0 radical (unpaired) electrons. The van der Waals surface area contributed by atoms with Crippen molar-refractivity contribution >= 4 is 17.7 Å². The first-order valence-corrected chi connectivity index (χ1v) is 9.81. The SMILES string of the molecule is Cc1cc(-c2noc(C(F)(F)F)n2)cnc1NC(=O)OCc1ccc(N2CCCC2)nc1. The average Bonchev–Trinajstić information content (AvgIpc) is 3.46. The number of ether oxygens (including phenoxy) is 1. The molecule has 32 heavy (non-hydrogen) atoms. The third-order valence-corrected chi connectivity index (χ3v) is 4.83. The van der Waals surface area contributed by atoms with E-state index in [1.807, 2.05) is 12.1 Å². The maximum Gasteiger partial charge on any atom is 0.471 e. The predicted octanol–water partition coefficient (Wildman–Crippen LogP) is 4.20. The molecule has 12 heteroatoms. The number of rotatable bonds is 5. The van der Waals surface area contributed by atoms with Crippen LogP contribution in [-0.2, 0) is 17.5 Å². The van der Waals surface area contributed by atoms with Crippen molar-refractivity contribution in [2.75, 3.05) is 23.3 Å². The van der Waals surface area contributed by atoms with Gasteiger partial charge < -0.3 is 14.2 Å². The van der Waals surface area contributed by atoms with Crippen LogP contribution in [0.15, 0.2) is 35.1 Å². The highest BCUT2D eigenvalue weighted by molar-refractivity contribution is 5.84. The standard InChI is InChI=1S/C20H19F3N6O3/c1-12-8-14(17-26-18(32-28-17)20(21,22)23)10-25-16(12)27-19(30)31-11-13-4-5-15(24-9-13)29-6-2-3-7-29/h4-5,8-10H,2-3,6-7,11H2,1H3,(H,25,27,30). The summed E-state index contributed by atoms with van der Waals surface area (Å²) in [4.78, 5) is 26.1. The molecule has 3 aromatic rings. The smallest absolute Gasteiger partial charge is 0.444 e. The van der Waals surface area contributed by atoms with Crippen LogP contribution in [0.25, 0.3) is 11.4 Å². The Morgan fingerprint density at radius 1 is 1.22 bits per heavy atom. The van der Waals surface area contributed by atoms with E-state index in [2.05, 4.69) is 34.8 Å². The van der Waals surface area contributed by atoms with Gasteiger partial charge in [0.2, 0.25) is 5.82 Å². The van der Waals surface area contributed by atoms with E-state index in [0.717, 1.165) is 37.3 Å². The van der Waals surface area contributed by atoms with Crippen LogP contribution in [0, 0.1) is 6.92 Å². The number of aryl methyl sites for hydroxylation is 1. The van der Waals surface area contributed by atoms with Crippen molar-refractivity contribution < 1.29 is 27.2 Å². The van der Waals surface area contributed by atoms with Crippen LogP contribution in [0.4, 0.5) is 29.6 Å². The van der Waals surface area contributed by atoms with E-state index < -0.39 is 18.2 Å². The first-order valence-electron chi connectivity index (χ1n) is 9.81. The van der Waals surface area contributed by atoms with Gasteiger partial charge in [-0.1, -0.05) is 11.2 Å². The van der Waals surface area contributed by atoms with Crippen LogP contribution in [0.2, 0.25) is 0 Å². The van der Waals surface area contributed by atoms with Crippen molar-refractivity contribution in [2.24, 2.45) is 0 Å². The molecule has 4 rings (SSSR count). The van der Waals surface area contributed by atoms with Crippen LogP contribution in [0.5, 0.6) is 0 Å². The third-order valence-electron chi connectivity index (χ3n) is 4.83. The number of amides is 1. The fraction of sp³-hybridized carbons (Fsp3) is 0.350. The number of nitrogens with zero attached hydrogens (tertiary/aromatic N) is 5. The highest BCUT2D eigenvalue weighted by Crippen LogP contribution is 2.29. The van der Waals surface area contributed by atoms with Crippen LogP contribution in [0.1, 0.15) is 29.9 Å². The van der Waals surface area contributed by atoms with Gasteiger partial charge in [-0.25, -0.2) is 14.8 Å². The summed E-state index contributed by atoms with van der Waals surface area (Å²) in [7, 11) is 0. The summed E-state index contributed by atoms with van der Waals surface area (Å²) >= 11 is 0. The summed E-state index contributed by atoms with van der Waals surface area (Å²) in [6.45, 7) is 3.64. The Labute approximate surface area is 180 Å². The van der Waals surface area contributed by atoms with E-state index in [0.29, 0.717) is 5.56 Å². The summed E-state index contributed by atoms with van der Waals surface area (Å²) in [6, 6.07) is 5.23. The molecular weight excluding hydrogens is 429 g/mol. The second kappa shape index (κ2) is 8.81. The van der Waals surface area contributed by atoms with Gasteiger partial charge in [0.15, 0.2) is 0 Å². The lowest BCUT2D eigenvalue weighted by atomic mass is 10.2. The predicted molar refractivity (Wildman–Crippen MR) is 107 cm³/mol. The number of nitrogens with one attached hydrogen (secondary N) is 1. The number of hydrogen-bond donors (Lipinski definition) is 1. The third kappa shape index (κ3) is 4.95. The number of halogens is 3. The number of carbonyl (C=O) groups excluding carboxylic acids is 1. The van der Waals surface area contributed by atoms with Crippen LogP contribution in [0.3, 0.4) is 0 Å². The second-order valence-electron chi connectivity index (χ2n) is 7.23. The number of alkyl halides is 3. The molecule has 1 amide bonds. The van der Waals surface area contributed by atoms with Gasteiger partial charge in [-0.15, -0.1) is 0 Å². The maximum atomic E-state index is 12.6. The van der Waals surface area contributed by atoms with Crippen molar-refractivity contribution in [2.45, 2.75) is 32.5 Å². The molecule has 0 saturated carbocycles. The van der Waals surface area contributed by atoms with Crippen molar-refractivity contribution in [1.29, 1.82) is 0 Å². The van der Waals surface area contributed by atoms with Crippen LogP contribution < -0.4 is 10.2 Å². The largest absolute Gasteiger partial charge is 0.471 e. The molecule has 9 nitrogen and oxygen atoms in total. The highest BCUT2D eigenvalue weighted by Gasteiger charge is 2.38. The van der Waals surface area contributed by atoms with E-state index in [1.165, 1.54) is 12.3 Å². The number of carbonyl (C=O) groups is 1. The number of anilines is 2. The molecule has 1 aliphatic heterocycles. The van der Waals surface area contributed by atoms with E-state index in [9.17, 15) is 18.0 Å². The normalized spacial score (nSPS) is 13.9. The molecule has 0 atom stereocenters. The quantitative estimate of drug-likeness (QED) is 0.619. The maximum absolute atomic E-state index is 12.6. The fourth-order valence-corrected chi connectivity index (χ4v) is 3.20. The van der Waals surface area contributed by atoms with Crippen molar-refractivity contribution in [3.05, 3.63) is 47.6 Å². The van der Waals surface area contributed by atoms with E-state index >= 15 is 0 Å². The average molecular weight is 448 g/mol. The minimum atomic E-state index is -4.73. The molecule has 168 valence electrons. The molecule has 1 fully saturated rings. The zero-order valence-corrected chi connectivity index (χ0v) is 17.0. The summed E-state index contributed by atoms with van der Waals surface area (Å²) < 4.78 is 47.2. The molecule has 0 unspecified atom stereocenters. The lowest BCUT2D eigenvalue weighted by molar-refractivity contribution is -0.159. The van der Waals surface area contributed by atoms with E-state index in [-0.39, 0.29) is 23.8 Å². The Kier molecular flexibility index (Phi) is 5.93. The number of aromatic nitrogens is 4. The van der Waals surface area contributed by atoms with Crippen LogP contribution in [-0.4, -0.2) is 39.3 Å². The minimum Gasteiger partial charge on any atom is -0.444 e. The Hall–Kier alpha value is -3.70. The van der Waals surface area contributed by atoms with Gasteiger partial charge in [-0.3, -0.25) is 5.32 Å². The Balaban J connectivity index is 1.33. The van der Waals surface area contributed by atoms with Crippen molar-refractivity contribution in [3.8, 4) is 11.4 Å². The molecular formula is C20H19F3N6O3. The lowest BCUT2D eigenvalue weighted by Gasteiger charge is -2.16. The van der Waals surface area contributed by atoms with Gasteiger partial charge in [0.25, 0.3) is 0 Å². The molecule has 1 saturated heterocycles. The zero-order chi connectivity index (χ0) is 22.7. The monoisotopic (exact) mass is 448 g/mol. The Bertz CT molecular complexity index is 1090. The number of pyridine rings is 2.